The number of methoxy groups -OCH3 is 2. The molecule has 1 aromatic carbocycles. The summed E-state index contributed by atoms with van der Waals surface area (Å²) in [6, 6.07) is 2.61. The van der Waals surface area contributed by atoms with Gasteiger partial charge >= 0.3 is 0 Å². The molecule has 1 N–H and O–H groups in total. The minimum atomic E-state index is -0.613. The first-order valence-electron chi connectivity index (χ1n) is 4.74. The van der Waals surface area contributed by atoms with Crippen molar-refractivity contribution in [2.45, 2.75) is 0 Å². The molecule has 1 aromatic rings. The minimum Gasteiger partial charge on any atom is -0.493 e. The van der Waals surface area contributed by atoms with Crippen molar-refractivity contribution in [3.05, 3.63) is 23.5 Å². The number of halogens is 1. The van der Waals surface area contributed by atoms with Crippen LogP contribution >= 0.6 is 0 Å². The minimum absolute atomic E-state index is 0.0421. The zero-order valence-corrected chi connectivity index (χ0v) is 9.46. The second-order valence-electron chi connectivity index (χ2n) is 3.11. The van der Waals surface area contributed by atoms with Crippen LogP contribution in [0.1, 0.15) is 10.4 Å². The van der Waals surface area contributed by atoms with E-state index in [1.54, 1.807) is 7.05 Å². The van der Waals surface area contributed by atoms with Gasteiger partial charge in [-0.05, 0) is 19.2 Å². The molecule has 0 aromatic heterocycles. The molecule has 0 fully saturated rings. The first kappa shape index (κ1) is 12.4. The van der Waals surface area contributed by atoms with E-state index in [0.717, 1.165) is 0 Å². The molecule has 0 amide bonds. The molecule has 88 valence electrons. The molecule has 1 rings (SSSR count). The summed E-state index contributed by atoms with van der Waals surface area (Å²) in [5.41, 5.74) is -0.0869. The van der Waals surface area contributed by atoms with Gasteiger partial charge in [-0.15, -0.1) is 0 Å². The van der Waals surface area contributed by atoms with E-state index in [-0.39, 0.29) is 23.6 Å². The fourth-order valence-electron chi connectivity index (χ4n) is 1.41. The van der Waals surface area contributed by atoms with E-state index in [2.05, 4.69) is 5.32 Å². The second-order valence-corrected chi connectivity index (χ2v) is 3.11. The second kappa shape index (κ2) is 5.46. The van der Waals surface area contributed by atoms with Gasteiger partial charge in [-0.3, -0.25) is 4.79 Å². The maximum atomic E-state index is 13.5. The number of rotatable bonds is 5. The summed E-state index contributed by atoms with van der Waals surface area (Å²) in [5.74, 6) is -0.528. The summed E-state index contributed by atoms with van der Waals surface area (Å²) in [5, 5.41) is 2.67. The maximum Gasteiger partial charge on any atom is 0.183 e. The molecule has 5 heteroatoms. The molecule has 0 atom stereocenters. The third-order valence-electron chi connectivity index (χ3n) is 2.11. The van der Waals surface area contributed by atoms with Crippen molar-refractivity contribution in [3.63, 3.8) is 0 Å². The van der Waals surface area contributed by atoms with Crippen molar-refractivity contribution in [1.29, 1.82) is 0 Å². The van der Waals surface area contributed by atoms with E-state index >= 15 is 0 Å². The van der Waals surface area contributed by atoms with Crippen molar-refractivity contribution in [2.75, 3.05) is 27.8 Å². The number of carbonyl (C=O) groups excluding carboxylic acids is 1. The van der Waals surface area contributed by atoms with Crippen LogP contribution in [0.5, 0.6) is 11.5 Å². The van der Waals surface area contributed by atoms with Crippen molar-refractivity contribution < 1.29 is 18.7 Å². The lowest BCUT2D eigenvalue weighted by molar-refractivity contribution is 0.0986. The molecular weight excluding hydrogens is 213 g/mol. The Morgan fingerprint density at radius 2 is 2.06 bits per heavy atom. The van der Waals surface area contributed by atoms with Gasteiger partial charge in [0.2, 0.25) is 0 Å². The SMILES string of the molecule is CNCC(=O)c1c(F)ccc(OC)c1OC. The molecule has 0 spiro atoms. The van der Waals surface area contributed by atoms with Crippen LogP contribution in [0.2, 0.25) is 0 Å². The van der Waals surface area contributed by atoms with Crippen LogP contribution in [-0.2, 0) is 0 Å². The number of ether oxygens (including phenoxy) is 2. The Hall–Kier alpha value is -1.62. The molecule has 16 heavy (non-hydrogen) atoms. The monoisotopic (exact) mass is 227 g/mol. The summed E-state index contributed by atoms with van der Waals surface area (Å²) in [6.07, 6.45) is 0. The van der Waals surface area contributed by atoms with Crippen LogP contribution in [0.3, 0.4) is 0 Å². The number of hydrogen-bond acceptors (Lipinski definition) is 4. The first-order valence-corrected chi connectivity index (χ1v) is 4.74. The van der Waals surface area contributed by atoms with Gasteiger partial charge < -0.3 is 14.8 Å². The normalized spacial score (nSPS) is 10.0. The molecule has 0 saturated heterocycles. The Morgan fingerprint density at radius 3 is 2.56 bits per heavy atom. The largest absolute Gasteiger partial charge is 0.493 e. The lowest BCUT2D eigenvalue weighted by Crippen LogP contribution is -2.20. The topological polar surface area (TPSA) is 47.6 Å². The van der Waals surface area contributed by atoms with E-state index in [4.69, 9.17) is 9.47 Å². The Morgan fingerprint density at radius 1 is 1.38 bits per heavy atom. The molecule has 0 bridgehead atoms. The van der Waals surface area contributed by atoms with Crippen LogP contribution in [-0.4, -0.2) is 33.6 Å². The van der Waals surface area contributed by atoms with Crippen LogP contribution < -0.4 is 14.8 Å². The average Bonchev–Trinajstić information content (AvgIpc) is 2.28. The van der Waals surface area contributed by atoms with E-state index in [9.17, 15) is 9.18 Å². The summed E-state index contributed by atoms with van der Waals surface area (Å²) in [4.78, 5) is 11.7. The van der Waals surface area contributed by atoms with Crippen LogP contribution in [0.15, 0.2) is 12.1 Å². The summed E-state index contributed by atoms with van der Waals surface area (Å²) >= 11 is 0. The zero-order valence-electron chi connectivity index (χ0n) is 9.46. The Labute approximate surface area is 93.4 Å². The fraction of sp³-hybridized carbons (Fsp3) is 0.364. The van der Waals surface area contributed by atoms with Crippen LogP contribution in [0.25, 0.3) is 0 Å². The van der Waals surface area contributed by atoms with Gasteiger partial charge in [0.15, 0.2) is 17.3 Å². The molecule has 0 heterocycles. The molecule has 0 saturated carbocycles. The maximum absolute atomic E-state index is 13.5. The molecule has 0 aliphatic carbocycles. The third-order valence-corrected chi connectivity index (χ3v) is 2.11. The lowest BCUT2D eigenvalue weighted by atomic mass is 10.1. The number of carbonyl (C=O) groups is 1. The number of ketones is 1. The van der Waals surface area contributed by atoms with Gasteiger partial charge in [0.05, 0.1) is 20.8 Å². The highest BCUT2D eigenvalue weighted by atomic mass is 19.1. The zero-order chi connectivity index (χ0) is 12.1. The van der Waals surface area contributed by atoms with Gasteiger partial charge in [-0.25, -0.2) is 4.39 Å². The van der Waals surface area contributed by atoms with Crippen LogP contribution in [0.4, 0.5) is 4.39 Å². The Balaban J connectivity index is 3.28. The summed E-state index contributed by atoms with van der Waals surface area (Å²) in [6.45, 7) is 0.0421. The number of benzene rings is 1. The fourth-order valence-corrected chi connectivity index (χ4v) is 1.41. The van der Waals surface area contributed by atoms with Gasteiger partial charge in [0, 0.05) is 0 Å². The highest BCUT2D eigenvalue weighted by Gasteiger charge is 2.20. The van der Waals surface area contributed by atoms with Crippen molar-refractivity contribution in [2.24, 2.45) is 0 Å². The predicted molar refractivity (Wildman–Crippen MR) is 57.8 cm³/mol. The Kier molecular flexibility index (Phi) is 4.25. The molecule has 0 unspecified atom stereocenters. The number of nitrogens with one attached hydrogen (secondary N) is 1. The van der Waals surface area contributed by atoms with Crippen molar-refractivity contribution >= 4 is 5.78 Å². The molecule has 0 aliphatic rings. The number of hydrogen-bond donors (Lipinski definition) is 1. The molecule has 4 nitrogen and oxygen atoms in total. The first-order chi connectivity index (χ1) is 7.65. The van der Waals surface area contributed by atoms with Gasteiger partial charge in [-0.1, -0.05) is 0 Å². The third kappa shape index (κ3) is 2.30. The Bertz CT molecular complexity index is 393. The highest BCUT2D eigenvalue weighted by Crippen LogP contribution is 2.32. The van der Waals surface area contributed by atoms with E-state index in [1.807, 2.05) is 0 Å². The highest BCUT2D eigenvalue weighted by molar-refractivity contribution is 6.01. The number of likely N-dealkylation sites (N-methyl/N-ethyl adjacent to an activating group) is 1. The quantitative estimate of drug-likeness (QED) is 0.769. The van der Waals surface area contributed by atoms with E-state index in [0.29, 0.717) is 5.75 Å². The summed E-state index contributed by atoms with van der Waals surface area (Å²) in [7, 11) is 4.41. The smallest absolute Gasteiger partial charge is 0.183 e. The van der Waals surface area contributed by atoms with Crippen molar-refractivity contribution in [3.8, 4) is 11.5 Å². The predicted octanol–water partition coefficient (Wildman–Crippen LogP) is 1.25. The summed E-state index contributed by atoms with van der Waals surface area (Å²) < 4.78 is 23.5. The van der Waals surface area contributed by atoms with E-state index < -0.39 is 5.82 Å². The van der Waals surface area contributed by atoms with Gasteiger partial charge in [0.25, 0.3) is 0 Å². The standard InChI is InChI=1S/C11H14FNO3/c1-13-6-8(14)10-7(12)4-5-9(15-2)11(10)16-3/h4-5,13H,6H2,1-3H3. The van der Waals surface area contributed by atoms with Gasteiger partial charge in [-0.2, -0.15) is 0 Å². The van der Waals surface area contributed by atoms with Gasteiger partial charge in [0.1, 0.15) is 11.4 Å². The number of Topliss-reactive ketones (excluding diaryl/α,β-unsaturated/α-hetero) is 1. The molecule has 0 aliphatic heterocycles. The van der Waals surface area contributed by atoms with Crippen molar-refractivity contribution in [1.82, 2.24) is 5.32 Å². The molecule has 0 radical (unpaired) electrons. The average molecular weight is 227 g/mol. The van der Waals surface area contributed by atoms with Crippen LogP contribution in [0, 0.1) is 5.82 Å². The molecular formula is C11H14FNO3. The van der Waals surface area contributed by atoms with E-state index in [1.165, 1.54) is 26.4 Å². The lowest BCUT2D eigenvalue weighted by Gasteiger charge is -2.12.